The van der Waals surface area contributed by atoms with Gasteiger partial charge in [-0.3, -0.25) is 0 Å². The predicted molar refractivity (Wildman–Crippen MR) is 65.8 cm³/mol. The summed E-state index contributed by atoms with van der Waals surface area (Å²) in [5.74, 6) is 0. The second-order valence-electron chi connectivity index (χ2n) is 3.72. The van der Waals surface area contributed by atoms with E-state index in [1.807, 2.05) is 54.6 Å². The second kappa shape index (κ2) is 3.76. The Balaban J connectivity index is 2.35. The molecule has 3 heteroatoms. The zero-order chi connectivity index (χ0) is 11.7. The molecule has 0 saturated heterocycles. The first-order valence-corrected chi connectivity index (χ1v) is 5.33. The molecule has 0 spiro atoms. The Morgan fingerprint density at radius 1 is 0.941 bits per heavy atom. The highest BCUT2D eigenvalue weighted by molar-refractivity contribution is 5.85. The zero-order valence-corrected chi connectivity index (χ0v) is 9.04. The van der Waals surface area contributed by atoms with Gasteiger partial charge in [0.1, 0.15) is 6.07 Å². The highest BCUT2D eigenvalue weighted by atomic mass is 15.3. The Bertz CT molecular complexity index is 705. The van der Waals surface area contributed by atoms with Crippen molar-refractivity contribution in [3.8, 4) is 11.8 Å². The topological polar surface area (TPSA) is 41.6 Å². The summed E-state index contributed by atoms with van der Waals surface area (Å²) in [6.07, 6.45) is 0. The van der Waals surface area contributed by atoms with Gasteiger partial charge in [0.25, 0.3) is 0 Å². The number of aromatic nitrogens is 2. The number of hydrogen-bond acceptors (Lipinski definition) is 2. The molecular formula is C14H9N3. The van der Waals surface area contributed by atoms with Gasteiger partial charge in [0, 0.05) is 5.39 Å². The lowest BCUT2D eigenvalue weighted by molar-refractivity contribution is 0.902. The lowest BCUT2D eigenvalue weighted by Crippen LogP contribution is -1.95. The van der Waals surface area contributed by atoms with Crippen molar-refractivity contribution < 1.29 is 0 Å². The van der Waals surface area contributed by atoms with Crippen molar-refractivity contribution in [2.45, 2.75) is 0 Å². The molecule has 17 heavy (non-hydrogen) atoms. The van der Waals surface area contributed by atoms with E-state index in [4.69, 9.17) is 5.26 Å². The van der Waals surface area contributed by atoms with E-state index in [1.165, 1.54) is 0 Å². The van der Waals surface area contributed by atoms with E-state index in [-0.39, 0.29) is 0 Å². The molecule has 0 fully saturated rings. The summed E-state index contributed by atoms with van der Waals surface area (Å²) in [7, 11) is 0. The first kappa shape index (κ1) is 9.61. The van der Waals surface area contributed by atoms with Crippen LogP contribution < -0.4 is 0 Å². The molecular weight excluding hydrogens is 210 g/mol. The minimum atomic E-state index is 0.462. The molecule has 0 aliphatic carbocycles. The third kappa shape index (κ3) is 1.47. The van der Waals surface area contributed by atoms with E-state index in [0.717, 1.165) is 16.6 Å². The zero-order valence-electron chi connectivity index (χ0n) is 9.04. The molecule has 1 aromatic heterocycles. The Labute approximate surface area is 98.5 Å². The van der Waals surface area contributed by atoms with Gasteiger partial charge in [0.15, 0.2) is 5.69 Å². The van der Waals surface area contributed by atoms with Crippen LogP contribution in [0.4, 0.5) is 0 Å². The van der Waals surface area contributed by atoms with Crippen LogP contribution in [0.1, 0.15) is 5.69 Å². The molecule has 0 bridgehead atoms. The number of para-hydroxylation sites is 2. The lowest BCUT2D eigenvalue weighted by atomic mass is 10.2. The van der Waals surface area contributed by atoms with Crippen molar-refractivity contribution in [1.82, 2.24) is 9.78 Å². The standard InChI is InChI=1S/C14H9N3/c15-10-13-12-8-4-5-9-14(12)17(16-13)11-6-2-1-3-7-11/h1-9H. The largest absolute Gasteiger partial charge is 0.232 e. The maximum Gasteiger partial charge on any atom is 0.170 e. The number of fused-ring (bicyclic) bond motifs is 1. The van der Waals surface area contributed by atoms with Crippen molar-refractivity contribution in [3.63, 3.8) is 0 Å². The molecule has 0 aliphatic rings. The molecule has 80 valence electrons. The second-order valence-corrected chi connectivity index (χ2v) is 3.72. The van der Waals surface area contributed by atoms with Gasteiger partial charge in [0.2, 0.25) is 0 Å². The highest BCUT2D eigenvalue weighted by Crippen LogP contribution is 2.21. The minimum absolute atomic E-state index is 0.462. The van der Waals surface area contributed by atoms with E-state index < -0.39 is 0 Å². The third-order valence-corrected chi connectivity index (χ3v) is 2.69. The van der Waals surface area contributed by atoms with Gasteiger partial charge in [-0.05, 0) is 24.3 Å². The molecule has 3 nitrogen and oxygen atoms in total. The Morgan fingerprint density at radius 3 is 2.41 bits per heavy atom. The smallest absolute Gasteiger partial charge is 0.170 e. The summed E-state index contributed by atoms with van der Waals surface area (Å²) < 4.78 is 1.80. The first-order valence-electron chi connectivity index (χ1n) is 5.33. The average molecular weight is 219 g/mol. The summed E-state index contributed by atoms with van der Waals surface area (Å²) in [6, 6.07) is 19.7. The van der Waals surface area contributed by atoms with Crippen molar-refractivity contribution in [2.24, 2.45) is 0 Å². The van der Waals surface area contributed by atoms with Gasteiger partial charge in [-0.15, -0.1) is 0 Å². The van der Waals surface area contributed by atoms with Gasteiger partial charge in [-0.1, -0.05) is 30.3 Å². The summed E-state index contributed by atoms with van der Waals surface area (Å²) in [4.78, 5) is 0. The fraction of sp³-hybridized carbons (Fsp3) is 0. The van der Waals surface area contributed by atoms with E-state index >= 15 is 0 Å². The third-order valence-electron chi connectivity index (χ3n) is 2.69. The van der Waals surface area contributed by atoms with Gasteiger partial charge in [-0.25, -0.2) is 4.68 Å². The van der Waals surface area contributed by atoms with Crippen molar-refractivity contribution in [2.75, 3.05) is 0 Å². The van der Waals surface area contributed by atoms with Crippen LogP contribution in [-0.4, -0.2) is 9.78 Å². The van der Waals surface area contributed by atoms with Crippen LogP contribution in [0.5, 0.6) is 0 Å². The molecule has 0 unspecified atom stereocenters. The predicted octanol–water partition coefficient (Wildman–Crippen LogP) is 2.90. The molecule has 3 aromatic rings. The molecule has 2 aromatic carbocycles. The van der Waals surface area contributed by atoms with Gasteiger partial charge in [0.05, 0.1) is 11.2 Å². The van der Waals surface area contributed by atoms with E-state index in [2.05, 4.69) is 11.2 Å². The van der Waals surface area contributed by atoms with Gasteiger partial charge in [-0.2, -0.15) is 10.4 Å². The van der Waals surface area contributed by atoms with Crippen molar-refractivity contribution in [1.29, 1.82) is 5.26 Å². The van der Waals surface area contributed by atoms with E-state index in [0.29, 0.717) is 5.69 Å². The fourth-order valence-electron chi connectivity index (χ4n) is 1.91. The summed E-state index contributed by atoms with van der Waals surface area (Å²) in [5.41, 5.74) is 2.38. The quantitative estimate of drug-likeness (QED) is 0.631. The molecule has 0 saturated carbocycles. The molecule has 0 aliphatic heterocycles. The van der Waals surface area contributed by atoms with Crippen LogP contribution in [-0.2, 0) is 0 Å². The Morgan fingerprint density at radius 2 is 1.65 bits per heavy atom. The SMILES string of the molecule is N#Cc1nn(-c2ccccc2)c2ccccc12. The average Bonchev–Trinajstić information content (AvgIpc) is 2.78. The minimum Gasteiger partial charge on any atom is -0.232 e. The fourth-order valence-corrected chi connectivity index (χ4v) is 1.91. The maximum absolute atomic E-state index is 9.07. The number of rotatable bonds is 1. The molecule has 0 atom stereocenters. The molecule has 0 amide bonds. The van der Waals surface area contributed by atoms with E-state index in [9.17, 15) is 0 Å². The number of benzene rings is 2. The summed E-state index contributed by atoms with van der Waals surface area (Å²) in [5, 5.41) is 14.3. The Kier molecular flexibility index (Phi) is 2.13. The number of nitrogens with zero attached hydrogens (tertiary/aromatic N) is 3. The van der Waals surface area contributed by atoms with E-state index in [1.54, 1.807) is 4.68 Å². The number of hydrogen-bond donors (Lipinski definition) is 0. The van der Waals surface area contributed by atoms with Gasteiger partial charge >= 0.3 is 0 Å². The molecule has 0 radical (unpaired) electrons. The summed E-state index contributed by atoms with van der Waals surface area (Å²) >= 11 is 0. The lowest BCUT2D eigenvalue weighted by Gasteiger charge is -2.01. The van der Waals surface area contributed by atoms with Crippen molar-refractivity contribution in [3.05, 3.63) is 60.3 Å². The normalized spacial score (nSPS) is 10.3. The highest BCUT2D eigenvalue weighted by Gasteiger charge is 2.09. The summed E-state index contributed by atoms with van der Waals surface area (Å²) in [6.45, 7) is 0. The Hall–Kier alpha value is -2.60. The monoisotopic (exact) mass is 219 g/mol. The van der Waals surface area contributed by atoms with Crippen LogP contribution in [0.2, 0.25) is 0 Å². The maximum atomic E-state index is 9.07. The van der Waals surface area contributed by atoms with Crippen LogP contribution >= 0.6 is 0 Å². The van der Waals surface area contributed by atoms with Crippen LogP contribution in [0.15, 0.2) is 54.6 Å². The molecule has 0 N–H and O–H groups in total. The molecule has 1 heterocycles. The van der Waals surface area contributed by atoms with Crippen molar-refractivity contribution >= 4 is 10.9 Å². The van der Waals surface area contributed by atoms with Gasteiger partial charge < -0.3 is 0 Å². The van der Waals surface area contributed by atoms with Crippen LogP contribution in [0.25, 0.3) is 16.6 Å². The first-order chi connectivity index (χ1) is 8.40. The van der Waals surface area contributed by atoms with Crippen LogP contribution in [0, 0.1) is 11.3 Å². The molecule has 3 rings (SSSR count). The van der Waals surface area contributed by atoms with Crippen LogP contribution in [0.3, 0.4) is 0 Å². The number of nitriles is 1.